The molecule has 6 heteroatoms. The van der Waals surface area contributed by atoms with E-state index < -0.39 is 5.60 Å². The third kappa shape index (κ3) is 3.60. The Bertz CT molecular complexity index is 781. The van der Waals surface area contributed by atoms with E-state index >= 15 is 0 Å². The third-order valence-electron chi connectivity index (χ3n) is 3.74. The zero-order valence-corrected chi connectivity index (χ0v) is 16.1. The van der Waals surface area contributed by atoms with Gasteiger partial charge in [0.1, 0.15) is 17.4 Å². The fraction of sp³-hybridized carbons (Fsp3) is 0.222. The van der Waals surface area contributed by atoms with Gasteiger partial charge >= 0.3 is 0 Å². The summed E-state index contributed by atoms with van der Waals surface area (Å²) in [6.07, 6.45) is 5.03. The van der Waals surface area contributed by atoms with Gasteiger partial charge in [0, 0.05) is 27.3 Å². The summed E-state index contributed by atoms with van der Waals surface area (Å²) in [5.41, 5.74) is 0.582. The number of ether oxygens (including phenoxy) is 1. The van der Waals surface area contributed by atoms with E-state index in [1.165, 1.54) is 11.3 Å². The van der Waals surface area contributed by atoms with Crippen molar-refractivity contribution in [3.8, 4) is 5.75 Å². The van der Waals surface area contributed by atoms with Crippen molar-refractivity contribution >= 4 is 33.9 Å². The van der Waals surface area contributed by atoms with Crippen molar-refractivity contribution in [2.45, 2.75) is 23.1 Å². The van der Waals surface area contributed by atoms with Gasteiger partial charge < -0.3 is 9.84 Å². The van der Waals surface area contributed by atoms with Gasteiger partial charge in [-0.15, -0.1) is 11.3 Å². The molecule has 0 fully saturated rings. The molecule has 0 aliphatic rings. The summed E-state index contributed by atoms with van der Waals surface area (Å²) in [4.78, 5) is 8.55. The van der Waals surface area contributed by atoms with Crippen molar-refractivity contribution in [3.63, 3.8) is 0 Å². The normalized spacial score (nSPS) is 14.8. The minimum atomic E-state index is -1.19. The fourth-order valence-electron chi connectivity index (χ4n) is 2.38. The first-order valence-corrected chi connectivity index (χ1v) is 9.62. The number of aromatic nitrogens is 2. The maximum absolute atomic E-state index is 11.3. The van der Waals surface area contributed by atoms with E-state index in [0.717, 1.165) is 5.56 Å². The molecule has 2 atom stereocenters. The molecule has 0 bridgehead atoms. The lowest BCUT2D eigenvalue weighted by molar-refractivity contribution is 0.0861. The monoisotopic (exact) mass is 452 g/mol. The Morgan fingerprint density at radius 3 is 2.75 bits per heavy atom. The summed E-state index contributed by atoms with van der Waals surface area (Å²) in [5, 5.41) is 13.8. The minimum absolute atomic E-state index is 0.0765. The molecular weight excluding hydrogens is 435 g/mol. The van der Waals surface area contributed by atoms with Crippen LogP contribution in [-0.2, 0) is 12.2 Å². The molecule has 2 aromatic heterocycles. The second kappa shape index (κ2) is 7.58. The number of alkyl halides is 1. The van der Waals surface area contributed by atoms with Crippen molar-refractivity contribution < 1.29 is 9.84 Å². The molecular formula is C18H17IN2O2S. The van der Waals surface area contributed by atoms with Gasteiger partial charge in [0.05, 0.1) is 6.20 Å². The first-order valence-electron chi connectivity index (χ1n) is 7.49. The van der Waals surface area contributed by atoms with Gasteiger partial charge in [-0.05, 0) is 18.6 Å². The standard InChI is InChI=1S/C18H17IN2O2S/c1-13(19)18(22,17-21-7-8-24-17)15-9-16(11-20-10-15)23-12-14-5-3-2-4-6-14/h2-11,13,22H,12H2,1H3. The molecule has 0 saturated carbocycles. The van der Waals surface area contributed by atoms with E-state index in [1.54, 1.807) is 18.6 Å². The smallest absolute Gasteiger partial charge is 0.154 e. The lowest BCUT2D eigenvalue weighted by Gasteiger charge is -2.29. The molecule has 0 amide bonds. The number of hydrogen-bond donors (Lipinski definition) is 1. The van der Waals surface area contributed by atoms with E-state index in [0.29, 0.717) is 22.9 Å². The molecule has 1 aromatic carbocycles. The highest BCUT2D eigenvalue weighted by molar-refractivity contribution is 14.1. The van der Waals surface area contributed by atoms with Crippen molar-refractivity contribution in [3.05, 3.63) is 76.5 Å². The molecule has 2 unspecified atom stereocenters. The lowest BCUT2D eigenvalue weighted by Crippen LogP contribution is -2.35. The van der Waals surface area contributed by atoms with Crippen LogP contribution < -0.4 is 4.74 Å². The van der Waals surface area contributed by atoms with Crippen LogP contribution in [0.25, 0.3) is 0 Å². The molecule has 0 saturated heterocycles. The van der Waals surface area contributed by atoms with Gasteiger partial charge in [-0.1, -0.05) is 52.9 Å². The molecule has 1 N–H and O–H groups in total. The maximum atomic E-state index is 11.3. The molecule has 4 nitrogen and oxygen atoms in total. The summed E-state index contributed by atoms with van der Waals surface area (Å²) in [5.74, 6) is 0.628. The van der Waals surface area contributed by atoms with Crippen LogP contribution in [0.3, 0.4) is 0 Å². The van der Waals surface area contributed by atoms with Gasteiger partial charge in [-0.25, -0.2) is 4.98 Å². The number of thiazole rings is 1. The largest absolute Gasteiger partial charge is 0.487 e. The number of halogens is 1. The number of rotatable bonds is 6. The second-order valence-corrected chi connectivity index (χ2v) is 8.17. The summed E-state index contributed by atoms with van der Waals surface area (Å²) < 4.78 is 5.76. The van der Waals surface area contributed by atoms with E-state index in [-0.39, 0.29) is 3.92 Å². The second-order valence-electron chi connectivity index (χ2n) is 5.40. The average Bonchev–Trinajstić information content (AvgIpc) is 3.15. The maximum Gasteiger partial charge on any atom is 0.154 e. The van der Waals surface area contributed by atoms with Crippen LogP contribution in [0, 0.1) is 0 Å². The zero-order valence-electron chi connectivity index (χ0n) is 13.1. The SMILES string of the molecule is CC(I)C(O)(c1cncc(OCc2ccccc2)c1)c1nccs1. The highest BCUT2D eigenvalue weighted by Crippen LogP contribution is 2.38. The third-order valence-corrected chi connectivity index (χ3v) is 5.53. The number of benzene rings is 1. The van der Waals surface area contributed by atoms with Gasteiger partial charge in [-0.3, -0.25) is 4.98 Å². The van der Waals surface area contributed by atoms with Crippen molar-refractivity contribution in [2.75, 3.05) is 0 Å². The Morgan fingerprint density at radius 2 is 2.08 bits per heavy atom. The molecule has 124 valence electrons. The average molecular weight is 452 g/mol. The molecule has 24 heavy (non-hydrogen) atoms. The molecule has 0 radical (unpaired) electrons. The van der Waals surface area contributed by atoms with Gasteiger partial charge in [0.15, 0.2) is 5.60 Å². The van der Waals surface area contributed by atoms with Crippen molar-refractivity contribution in [1.82, 2.24) is 9.97 Å². The molecule has 2 heterocycles. The number of hydrogen-bond acceptors (Lipinski definition) is 5. The summed E-state index contributed by atoms with van der Waals surface area (Å²) >= 11 is 3.65. The lowest BCUT2D eigenvalue weighted by atomic mass is 9.93. The summed E-state index contributed by atoms with van der Waals surface area (Å²) in [7, 11) is 0. The van der Waals surface area contributed by atoms with Crippen LogP contribution in [0.1, 0.15) is 23.1 Å². The van der Waals surface area contributed by atoms with Crippen molar-refractivity contribution in [1.29, 1.82) is 0 Å². The summed E-state index contributed by atoms with van der Waals surface area (Å²) in [6, 6.07) is 11.8. The number of pyridine rings is 1. The molecule has 0 spiro atoms. The van der Waals surface area contributed by atoms with Crippen LogP contribution >= 0.6 is 33.9 Å². The molecule has 3 rings (SSSR count). The summed E-state index contributed by atoms with van der Waals surface area (Å²) in [6.45, 7) is 2.42. The van der Waals surface area contributed by atoms with Crippen LogP contribution in [0.15, 0.2) is 60.4 Å². The van der Waals surface area contributed by atoms with E-state index in [1.807, 2.05) is 48.7 Å². The van der Waals surface area contributed by atoms with Gasteiger partial charge in [0.2, 0.25) is 0 Å². The first-order chi connectivity index (χ1) is 11.6. The van der Waals surface area contributed by atoms with Gasteiger partial charge in [-0.2, -0.15) is 0 Å². The number of aliphatic hydroxyl groups is 1. The van der Waals surface area contributed by atoms with Crippen LogP contribution in [0.5, 0.6) is 5.75 Å². The molecule has 0 aliphatic carbocycles. The Balaban J connectivity index is 1.86. The van der Waals surface area contributed by atoms with E-state index in [2.05, 4.69) is 32.6 Å². The van der Waals surface area contributed by atoms with Crippen LogP contribution in [0.4, 0.5) is 0 Å². The van der Waals surface area contributed by atoms with Gasteiger partial charge in [0.25, 0.3) is 0 Å². The zero-order chi connectivity index (χ0) is 17.0. The van der Waals surface area contributed by atoms with E-state index in [9.17, 15) is 5.11 Å². The predicted molar refractivity (Wildman–Crippen MR) is 104 cm³/mol. The van der Waals surface area contributed by atoms with Crippen LogP contribution in [0.2, 0.25) is 0 Å². The topological polar surface area (TPSA) is 55.2 Å². The fourth-order valence-corrected chi connectivity index (χ4v) is 4.09. The first kappa shape index (κ1) is 17.3. The number of nitrogens with zero attached hydrogens (tertiary/aromatic N) is 2. The quantitative estimate of drug-likeness (QED) is 0.451. The Hall–Kier alpha value is -1.51. The molecule has 3 aromatic rings. The Labute approximate surface area is 158 Å². The Kier molecular flexibility index (Phi) is 5.47. The molecule has 0 aliphatic heterocycles. The minimum Gasteiger partial charge on any atom is -0.487 e. The highest BCUT2D eigenvalue weighted by Gasteiger charge is 2.39. The van der Waals surface area contributed by atoms with Crippen molar-refractivity contribution in [2.24, 2.45) is 0 Å². The predicted octanol–water partition coefficient (Wildman–Crippen LogP) is 4.18. The van der Waals surface area contributed by atoms with E-state index in [4.69, 9.17) is 4.74 Å². The van der Waals surface area contributed by atoms with Crippen LogP contribution in [-0.4, -0.2) is 19.0 Å². The Morgan fingerprint density at radius 1 is 1.29 bits per heavy atom. The highest BCUT2D eigenvalue weighted by atomic mass is 127.